The summed E-state index contributed by atoms with van der Waals surface area (Å²) in [5.41, 5.74) is 0.469. The number of nitrogens with one attached hydrogen (secondary N) is 1. The highest BCUT2D eigenvalue weighted by atomic mass is 16.7. The van der Waals surface area contributed by atoms with Crippen LogP contribution in [0.4, 0.5) is 10.5 Å². The number of amides is 1. The quantitative estimate of drug-likeness (QED) is 0.688. The number of anilines is 1. The van der Waals surface area contributed by atoms with Gasteiger partial charge in [0.05, 0.1) is 0 Å². The Kier molecular flexibility index (Phi) is 1.70. The third-order valence-corrected chi connectivity index (χ3v) is 1.62. The molecule has 1 aliphatic heterocycles. The maximum absolute atomic E-state index is 10.3. The van der Waals surface area contributed by atoms with Crippen LogP contribution in [-0.2, 0) is 0 Å². The summed E-state index contributed by atoms with van der Waals surface area (Å²) in [6, 6.07) is 4.85. The average Bonchev–Trinajstić information content (AvgIpc) is 2.49. The van der Waals surface area contributed by atoms with Gasteiger partial charge in [-0.15, -0.1) is 0 Å². The van der Waals surface area contributed by atoms with Gasteiger partial charge < -0.3 is 14.6 Å². The van der Waals surface area contributed by atoms with Crippen molar-refractivity contribution in [1.29, 1.82) is 0 Å². The molecule has 0 aliphatic carbocycles. The van der Waals surface area contributed by atoms with E-state index in [0.29, 0.717) is 17.2 Å². The molecule has 1 aromatic rings. The fourth-order valence-corrected chi connectivity index (χ4v) is 1.10. The van der Waals surface area contributed by atoms with Crippen molar-refractivity contribution < 1.29 is 19.4 Å². The maximum atomic E-state index is 10.3. The number of benzene rings is 1. The van der Waals surface area contributed by atoms with Crippen LogP contribution in [0.1, 0.15) is 0 Å². The van der Waals surface area contributed by atoms with E-state index in [9.17, 15) is 4.79 Å². The molecule has 1 amide bonds. The molecule has 5 heteroatoms. The van der Waals surface area contributed by atoms with Crippen LogP contribution in [0, 0.1) is 0 Å². The largest absolute Gasteiger partial charge is 0.465 e. The van der Waals surface area contributed by atoms with Gasteiger partial charge in [0, 0.05) is 11.8 Å². The molecule has 1 aliphatic rings. The van der Waals surface area contributed by atoms with Gasteiger partial charge in [-0.25, -0.2) is 4.79 Å². The van der Waals surface area contributed by atoms with E-state index in [0.717, 1.165) is 0 Å². The first-order valence-electron chi connectivity index (χ1n) is 3.65. The molecule has 1 aromatic carbocycles. The molecule has 0 atom stereocenters. The Morgan fingerprint density at radius 1 is 1.38 bits per heavy atom. The van der Waals surface area contributed by atoms with Gasteiger partial charge in [0.15, 0.2) is 11.5 Å². The lowest BCUT2D eigenvalue weighted by molar-refractivity contribution is 0.174. The lowest BCUT2D eigenvalue weighted by atomic mass is 10.3. The van der Waals surface area contributed by atoms with Crippen LogP contribution in [0.25, 0.3) is 0 Å². The first kappa shape index (κ1) is 7.72. The molecule has 0 saturated heterocycles. The number of fused-ring (bicyclic) bond motifs is 1. The van der Waals surface area contributed by atoms with Gasteiger partial charge in [0.25, 0.3) is 0 Å². The molecule has 0 saturated carbocycles. The minimum atomic E-state index is -1.10. The zero-order chi connectivity index (χ0) is 9.26. The van der Waals surface area contributed by atoms with Crippen LogP contribution in [0.3, 0.4) is 0 Å². The van der Waals surface area contributed by atoms with Crippen LogP contribution >= 0.6 is 0 Å². The topological polar surface area (TPSA) is 67.8 Å². The van der Waals surface area contributed by atoms with E-state index >= 15 is 0 Å². The van der Waals surface area contributed by atoms with Crippen molar-refractivity contribution in [3.05, 3.63) is 18.2 Å². The van der Waals surface area contributed by atoms with E-state index in [2.05, 4.69) is 5.32 Å². The van der Waals surface area contributed by atoms with Crippen molar-refractivity contribution in [2.75, 3.05) is 12.1 Å². The van der Waals surface area contributed by atoms with E-state index in [4.69, 9.17) is 14.6 Å². The summed E-state index contributed by atoms with van der Waals surface area (Å²) in [5, 5.41) is 10.6. The van der Waals surface area contributed by atoms with Gasteiger partial charge in [-0.2, -0.15) is 0 Å². The summed E-state index contributed by atoms with van der Waals surface area (Å²) in [6.07, 6.45) is -1.10. The first-order chi connectivity index (χ1) is 6.25. The Labute approximate surface area is 73.9 Å². The SMILES string of the molecule is O=C(O)Nc1ccc2c(c1)OCO2. The number of rotatable bonds is 1. The molecule has 1 heterocycles. The monoisotopic (exact) mass is 181 g/mol. The standard InChI is InChI=1S/C8H7NO4/c10-8(11)9-5-1-2-6-7(3-5)13-4-12-6/h1-3,9H,4H2,(H,10,11). The zero-order valence-corrected chi connectivity index (χ0v) is 6.61. The Bertz CT molecular complexity index is 350. The number of ether oxygens (including phenoxy) is 2. The number of hydrogen-bond acceptors (Lipinski definition) is 3. The van der Waals surface area contributed by atoms with Crippen molar-refractivity contribution in [2.24, 2.45) is 0 Å². The van der Waals surface area contributed by atoms with Gasteiger partial charge in [0.2, 0.25) is 6.79 Å². The second kappa shape index (κ2) is 2.85. The maximum Gasteiger partial charge on any atom is 0.409 e. The minimum absolute atomic E-state index is 0.186. The lowest BCUT2D eigenvalue weighted by Crippen LogP contribution is -2.06. The normalized spacial score (nSPS) is 12.6. The van der Waals surface area contributed by atoms with E-state index in [1.54, 1.807) is 18.2 Å². The van der Waals surface area contributed by atoms with Crippen molar-refractivity contribution >= 4 is 11.8 Å². The van der Waals surface area contributed by atoms with Gasteiger partial charge in [-0.05, 0) is 12.1 Å². The Morgan fingerprint density at radius 3 is 2.92 bits per heavy atom. The smallest absolute Gasteiger partial charge is 0.409 e. The summed E-state index contributed by atoms with van der Waals surface area (Å²) in [5.74, 6) is 1.20. The average molecular weight is 181 g/mol. The van der Waals surface area contributed by atoms with Gasteiger partial charge in [0.1, 0.15) is 0 Å². The van der Waals surface area contributed by atoms with Crippen LogP contribution in [-0.4, -0.2) is 18.0 Å². The summed E-state index contributed by atoms with van der Waals surface area (Å²) in [6.45, 7) is 0.186. The molecule has 0 fully saturated rings. The minimum Gasteiger partial charge on any atom is -0.465 e. The number of carbonyl (C=O) groups is 1. The molecule has 5 nitrogen and oxygen atoms in total. The summed E-state index contributed by atoms with van der Waals surface area (Å²) in [7, 11) is 0. The molecule has 0 radical (unpaired) electrons. The van der Waals surface area contributed by atoms with E-state index in [1.165, 1.54) is 0 Å². The Hall–Kier alpha value is -1.91. The lowest BCUT2D eigenvalue weighted by Gasteiger charge is -2.01. The summed E-state index contributed by atoms with van der Waals surface area (Å²) in [4.78, 5) is 10.3. The summed E-state index contributed by atoms with van der Waals surface area (Å²) >= 11 is 0. The van der Waals surface area contributed by atoms with E-state index in [-0.39, 0.29) is 6.79 Å². The van der Waals surface area contributed by atoms with Crippen LogP contribution in [0.15, 0.2) is 18.2 Å². The van der Waals surface area contributed by atoms with E-state index in [1.807, 2.05) is 0 Å². The Balaban J connectivity index is 2.25. The highest BCUT2D eigenvalue weighted by molar-refractivity contribution is 5.83. The molecular weight excluding hydrogens is 174 g/mol. The molecule has 0 spiro atoms. The molecule has 13 heavy (non-hydrogen) atoms. The third-order valence-electron chi connectivity index (χ3n) is 1.62. The van der Waals surface area contributed by atoms with Gasteiger partial charge >= 0.3 is 6.09 Å². The van der Waals surface area contributed by atoms with Crippen molar-refractivity contribution in [2.45, 2.75) is 0 Å². The van der Waals surface area contributed by atoms with Crippen molar-refractivity contribution in [3.8, 4) is 11.5 Å². The molecule has 2 rings (SSSR count). The molecule has 2 N–H and O–H groups in total. The van der Waals surface area contributed by atoms with Crippen LogP contribution in [0.5, 0.6) is 11.5 Å². The van der Waals surface area contributed by atoms with Crippen LogP contribution in [0.2, 0.25) is 0 Å². The highest BCUT2D eigenvalue weighted by Gasteiger charge is 2.13. The molecule has 0 unspecified atom stereocenters. The molecule has 68 valence electrons. The van der Waals surface area contributed by atoms with Gasteiger partial charge in [-0.1, -0.05) is 0 Å². The van der Waals surface area contributed by atoms with Gasteiger partial charge in [-0.3, -0.25) is 5.32 Å². The van der Waals surface area contributed by atoms with Crippen molar-refractivity contribution in [3.63, 3.8) is 0 Å². The second-order valence-electron chi connectivity index (χ2n) is 2.50. The predicted octanol–water partition coefficient (Wildman–Crippen LogP) is 1.51. The number of carboxylic acid groups (broad SMARTS) is 1. The first-order valence-corrected chi connectivity index (χ1v) is 3.65. The fraction of sp³-hybridized carbons (Fsp3) is 0.125. The zero-order valence-electron chi connectivity index (χ0n) is 6.61. The highest BCUT2D eigenvalue weighted by Crippen LogP contribution is 2.34. The molecular formula is C8H7NO4. The fourth-order valence-electron chi connectivity index (χ4n) is 1.10. The third kappa shape index (κ3) is 1.48. The van der Waals surface area contributed by atoms with Crippen LogP contribution < -0.4 is 14.8 Å². The van der Waals surface area contributed by atoms with Crippen molar-refractivity contribution in [1.82, 2.24) is 0 Å². The van der Waals surface area contributed by atoms with E-state index < -0.39 is 6.09 Å². The second-order valence-corrected chi connectivity index (χ2v) is 2.50. The summed E-state index contributed by atoms with van der Waals surface area (Å²) < 4.78 is 10.1. The molecule has 0 bridgehead atoms. The number of hydrogen-bond donors (Lipinski definition) is 2. The molecule has 0 aromatic heterocycles. The predicted molar refractivity (Wildman–Crippen MR) is 44.2 cm³/mol. The Morgan fingerprint density at radius 2 is 2.15 bits per heavy atom.